The van der Waals surface area contributed by atoms with E-state index in [4.69, 9.17) is 4.42 Å². The van der Waals surface area contributed by atoms with Crippen LogP contribution in [0.2, 0.25) is 0 Å². The minimum atomic E-state index is 0.174. The summed E-state index contributed by atoms with van der Waals surface area (Å²) in [4.78, 5) is 0. The highest BCUT2D eigenvalue weighted by Gasteiger charge is 2.13. The van der Waals surface area contributed by atoms with Crippen LogP contribution in [0.3, 0.4) is 0 Å². The van der Waals surface area contributed by atoms with Crippen LogP contribution in [-0.2, 0) is 5.41 Å². The van der Waals surface area contributed by atoms with Gasteiger partial charge in [0.1, 0.15) is 0 Å². The van der Waals surface area contributed by atoms with Crippen LogP contribution in [0.25, 0.3) is 22.6 Å². The van der Waals surface area contributed by atoms with Crippen molar-refractivity contribution in [3.8, 4) is 22.6 Å². The van der Waals surface area contributed by atoms with Gasteiger partial charge in [-0.2, -0.15) is 0 Å². The van der Waals surface area contributed by atoms with E-state index in [1.165, 1.54) is 23.1 Å². The van der Waals surface area contributed by atoms with Gasteiger partial charge in [-0.15, -0.1) is 10.2 Å². The van der Waals surface area contributed by atoms with Gasteiger partial charge in [-0.25, -0.2) is 0 Å². The summed E-state index contributed by atoms with van der Waals surface area (Å²) < 4.78 is 5.12. The largest absolute Gasteiger partial charge is 0.423 e. The Morgan fingerprint density at radius 2 is 1.15 bits per heavy atom. The molecule has 3 heteroatoms. The van der Waals surface area contributed by atoms with E-state index in [2.05, 4.69) is 91.6 Å². The second-order valence-corrected chi connectivity index (χ2v) is 7.30. The Hall–Kier alpha value is -3.20. The number of aromatic nitrogens is 2. The summed E-state index contributed by atoms with van der Waals surface area (Å²) in [6.45, 7) is 6.57. The second kappa shape index (κ2) is 8.45. The molecule has 27 heavy (non-hydrogen) atoms. The van der Waals surface area contributed by atoms with E-state index in [1.807, 2.05) is 24.3 Å². The van der Waals surface area contributed by atoms with Gasteiger partial charge < -0.3 is 4.42 Å². The lowest BCUT2D eigenvalue weighted by atomic mass is 9.87. The van der Waals surface area contributed by atoms with Crippen LogP contribution in [0.5, 0.6) is 0 Å². The fraction of sp³-hybridized carbons (Fsp3) is 0.167. The monoisotopic (exact) mass is 356 g/mol. The van der Waals surface area contributed by atoms with Crippen LogP contribution < -0.4 is 0 Å². The second-order valence-electron chi connectivity index (χ2n) is 7.30. The van der Waals surface area contributed by atoms with Crippen molar-refractivity contribution in [2.24, 2.45) is 0 Å². The molecule has 4 aromatic rings. The van der Waals surface area contributed by atoms with Gasteiger partial charge in [0, 0.05) is 5.56 Å². The molecule has 0 aliphatic carbocycles. The van der Waals surface area contributed by atoms with Gasteiger partial charge in [-0.05, 0) is 34.2 Å². The Bertz CT molecular complexity index is 886. The van der Waals surface area contributed by atoms with Gasteiger partial charge in [-0.3, -0.25) is 0 Å². The SMILES string of the molecule is CC(C)(C)c1ccc(-c2nnco2)cc1.c1ccc(-c2ccccc2)cc1. The van der Waals surface area contributed by atoms with Gasteiger partial charge in [0.15, 0.2) is 0 Å². The molecule has 0 aliphatic heterocycles. The average Bonchev–Trinajstić information content (AvgIpc) is 3.24. The van der Waals surface area contributed by atoms with Crippen LogP contribution in [0.15, 0.2) is 95.7 Å². The molecule has 0 fully saturated rings. The van der Waals surface area contributed by atoms with Crippen molar-refractivity contribution < 1.29 is 4.42 Å². The normalized spacial score (nSPS) is 10.8. The maximum atomic E-state index is 5.12. The Morgan fingerprint density at radius 1 is 0.630 bits per heavy atom. The molecule has 0 unspecified atom stereocenters. The van der Waals surface area contributed by atoms with Crippen molar-refractivity contribution in [1.29, 1.82) is 0 Å². The van der Waals surface area contributed by atoms with Gasteiger partial charge in [-0.1, -0.05) is 93.6 Å². The molecule has 3 nitrogen and oxygen atoms in total. The van der Waals surface area contributed by atoms with Crippen molar-refractivity contribution in [2.75, 3.05) is 0 Å². The van der Waals surface area contributed by atoms with Crippen molar-refractivity contribution in [3.63, 3.8) is 0 Å². The quantitative estimate of drug-likeness (QED) is 0.418. The summed E-state index contributed by atoms with van der Waals surface area (Å²) in [7, 11) is 0. The minimum absolute atomic E-state index is 0.174. The summed E-state index contributed by atoms with van der Waals surface area (Å²) in [5, 5.41) is 7.51. The molecule has 1 heterocycles. The fourth-order valence-electron chi connectivity index (χ4n) is 2.67. The van der Waals surface area contributed by atoms with Crippen molar-refractivity contribution in [2.45, 2.75) is 26.2 Å². The van der Waals surface area contributed by atoms with Crippen molar-refractivity contribution in [1.82, 2.24) is 10.2 Å². The third-order valence-corrected chi connectivity index (χ3v) is 4.24. The Kier molecular flexibility index (Phi) is 5.82. The molecule has 3 aromatic carbocycles. The van der Waals surface area contributed by atoms with E-state index >= 15 is 0 Å². The van der Waals surface area contributed by atoms with E-state index in [1.54, 1.807) is 0 Å². The Morgan fingerprint density at radius 3 is 1.56 bits per heavy atom. The zero-order valence-electron chi connectivity index (χ0n) is 16.0. The highest BCUT2D eigenvalue weighted by atomic mass is 16.4. The molecule has 136 valence electrons. The smallest absolute Gasteiger partial charge is 0.247 e. The molecule has 0 N–H and O–H groups in total. The van der Waals surface area contributed by atoms with Crippen molar-refractivity contribution in [3.05, 3.63) is 96.9 Å². The zero-order valence-corrected chi connectivity index (χ0v) is 16.0. The van der Waals surface area contributed by atoms with Crippen LogP contribution in [-0.4, -0.2) is 10.2 Å². The third-order valence-electron chi connectivity index (χ3n) is 4.24. The van der Waals surface area contributed by atoms with E-state index < -0.39 is 0 Å². The van der Waals surface area contributed by atoms with Crippen LogP contribution in [0.4, 0.5) is 0 Å². The molecule has 0 radical (unpaired) electrons. The van der Waals surface area contributed by atoms with E-state index in [0.717, 1.165) is 5.56 Å². The van der Waals surface area contributed by atoms with Crippen LogP contribution in [0.1, 0.15) is 26.3 Å². The average molecular weight is 356 g/mol. The molecular weight excluding hydrogens is 332 g/mol. The number of nitrogens with zero attached hydrogens (tertiary/aromatic N) is 2. The molecule has 0 atom stereocenters. The predicted molar refractivity (Wildman–Crippen MR) is 110 cm³/mol. The summed E-state index contributed by atoms with van der Waals surface area (Å²) in [5.41, 5.74) is 4.98. The van der Waals surface area contributed by atoms with Crippen LogP contribution >= 0.6 is 0 Å². The lowest BCUT2D eigenvalue weighted by Gasteiger charge is -2.18. The molecule has 4 rings (SSSR count). The summed E-state index contributed by atoms with van der Waals surface area (Å²) in [6.07, 6.45) is 1.34. The van der Waals surface area contributed by atoms with Gasteiger partial charge in [0.05, 0.1) is 0 Å². The zero-order chi connectivity index (χ0) is 19.1. The van der Waals surface area contributed by atoms with Gasteiger partial charge in [0.2, 0.25) is 12.3 Å². The topological polar surface area (TPSA) is 38.9 Å². The summed E-state index contributed by atoms with van der Waals surface area (Å²) in [6, 6.07) is 29.0. The lowest BCUT2D eigenvalue weighted by molar-refractivity contribution is 0.568. The summed E-state index contributed by atoms with van der Waals surface area (Å²) in [5.74, 6) is 0.565. The summed E-state index contributed by atoms with van der Waals surface area (Å²) >= 11 is 0. The number of hydrogen-bond acceptors (Lipinski definition) is 3. The first-order valence-corrected chi connectivity index (χ1v) is 9.01. The lowest BCUT2D eigenvalue weighted by Crippen LogP contribution is -2.10. The van der Waals surface area contributed by atoms with Crippen LogP contribution in [0, 0.1) is 0 Å². The van der Waals surface area contributed by atoms with E-state index in [0.29, 0.717) is 5.89 Å². The fourth-order valence-corrected chi connectivity index (χ4v) is 2.67. The number of hydrogen-bond donors (Lipinski definition) is 0. The maximum Gasteiger partial charge on any atom is 0.247 e. The van der Waals surface area contributed by atoms with Gasteiger partial charge >= 0.3 is 0 Å². The Labute approximate surface area is 160 Å². The first-order chi connectivity index (χ1) is 13.0. The molecule has 1 aromatic heterocycles. The highest BCUT2D eigenvalue weighted by Crippen LogP contribution is 2.25. The molecule has 0 bridgehead atoms. The number of rotatable bonds is 2. The molecule has 0 saturated heterocycles. The Balaban J connectivity index is 0.000000159. The van der Waals surface area contributed by atoms with E-state index in [9.17, 15) is 0 Å². The molecule has 0 saturated carbocycles. The standard InChI is InChI=1S/C12H14N2O.C12H10/c1-12(2,3)10-6-4-9(5-7-10)11-14-13-8-15-11;1-3-7-11(8-4-1)12-9-5-2-6-10-12/h4-8H,1-3H3;1-10H. The predicted octanol–water partition coefficient (Wildman–Crippen LogP) is 6.39. The van der Waals surface area contributed by atoms with E-state index in [-0.39, 0.29) is 5.41 Å². The first-order valence-electron chi connectivity index (χ1n) is 9.01. The minimum Gasteiger partial charge on any atom is -0.423 e. The molecule has 0 spiro atoms. The molecular formula is C24H24N2O. The van der Waals surface area contributed by atoms with Gasteiger partial charge in [0.25, 0.3) is 0 Å². The maximum absolute atomic E-state index is 5.12. The number of benzene rings is 3. The molecule has 0 amide bonds. The third kappa shape index (κ3) is 5.14. The first kappa shape index (κ1) is 18.6. The molecule has 0 aliphatic rings. The van der Waals surface area contributed by atoms with Crippen molar-refractivity contribution >= 4 is 0 Å². The highest BCUT2D eigenvalue weighted by molar-refractivity contribution is 5.62.